The van der Waals surface area contributed by atoms with Crippen molar-refractivity contribution in [2.75, 3.05) is 23.7 Å². The Morgan fingerprint density at radius 2 is 1.90 bits per heavy atom. The summed E-state index contributed by atoms with van der Waals surface area (Å²) < 4.78 is 49.1. The quantitative estimate of drug-likeness (QED) is 0.313. The summed E-state index contributed by atoms with van der Waals surface area (Å²) in [6.07, 6.45) is -4.42. The van der Waals surface area contributed by atoms with E-state index in [2.05, 4.69) is 15.3 Å². The Morgan fingerprint density at radius 1 is 1.20 bits per heavy atom. The third kappa shape index (κ3) is 6.06. The van der Waals surface area contributed by atoms with Crippen LogP contribution in [0.5, 0.6) is 5.88 Å². The molecular weight excluding hydrogens is 559 g/mol. The molecule has 3 aromatic rings. The molecule has 5 rings (SSSR count). The number of ether oxygens (including phenoxy) is 1. The molecule has 0 amide bonds. The number of hydrogen-bond acceptors (Lipinski definition) is 7. The fraction of sp³-hybridized carbons (Fsp3) is 0.414. The normalized spacial score (nSPS) is 21.1. The van der Waals surface area contributed by atoms with E-state index in [-0.39, 0.29) is 33.9 Å². The molecule has 0 bridgehead atoms. The second-order valence-electron chi connectivity index (χ2n) is 10.6. The maximum Gasteiger partial charge on any atom is 0.429 e. The molecule has 8 nitrogen and oxygen atoms in total. The van der Waals surface area contributed by atoms with Gasteiger partial charge in [-0.25, -0.2) is 0 Å². The van der Waals surface area contributed by atoms with Crippen molar-refractivity contribution in [3.63, 3.8) is 0 Å². The molecule has 0 radical (unpaired) electrons. The number of benzene rings is 2. The number of alkyl halides is 3. The van der Waals surface area contributed by atoms with E-state index >= 15 is 0 Å². The summed E-state index contributed by atoms with van der Waals surface area (Å²) in [6.45, 7) is 3.11. The number of nitrogen functional groups attached to an aromatic ring is 1. The first-order valence-corrected chi connectivity index (χ1v) is 13.8. The van der Waals surface area contributed by atoms with Crippen molar-refractivity contribution in [2.45, 2.75) is 57.0 Å². The van der Waals surface area contributed by atoms with Crippen LogP contribution in [0, 0.1) is 5.41 Å². The van der Waals surface area contributed by atoms with Gasteiger partial charge in [0.15, 0.2) is 0 Å². The highest BCUT2D eigenvalue weighted by Crippen LogP contribution is 2.46. The Kier molecular flexibility index (Phi) is 8.02. The number of carbonyl (C=O) groups is 1. The molecule has 2 aliphatic heterocycles. The zero-order valence-corrected chi connectivity index (χ0v) is 23.1. The third-order valence-electron chi connectivity index (χ3n) is 8.16. The molecule has 12 heteroatoms. The lowest BCUT2D eigenvalue weighted by Crippen LogP contribution is -2.46. The predicted molar refractivity (Wildman–Crippen MR) is 150 cm³/mol. The molecule has 2 saturated heterocycles. The van der Waals surface area contributed by atoms with Crippen LogP contribution in [0.25, 0.3) is 11.1 Å². The van der Waals surface area contributed by atoms with Gasteiger partial charge in [0.05, 0.1) is 0 Å². The lowest BCUT2D eigenvalue weighted by molar-refractivity contribution is -0.198. The predicted octanol–water partition coefficient (Wildman–Crippen LogP) is 5.87. The molecule has 2 aliphatic rings. The van der Waals surface area contributed by atoms with Crippen molar-refractivity contribution < 1.29 is 27.8 Å². The second kappa shape index (κ2) is 11.4. The van der Waals surface area contributed by atoms with Crippen molar-refractivity contribution >= 4 is 29.3 Å². The van der Waals surface area contributed by atoms with Crippen LogP contribution in [0.4, 0.5) is 24.9 Å². The van der Waals surface area contributed by atoms with E-state index in [1.54, 1.807) is 30.3 Å². The number of carboxylic acid groups (broad SMARTS) is 1. The highest BCUT2D eigenvalue weighted by atomic mass is 35.5. The van der Waals surface area contributed by atoms with Crippen LogP contribution >= 0.6 is 11.6 Å². The number of anilines is 2. The van der Waals surface area contributed by atoms with Crippen molar-refractivity contribution in [1.82, 2.24) is 15.3 Å². The number of halogens is 4. The summed E-state index contributed by atoms with van der Waals surface area (Å²) in [5.41, 5.74) is 6.53. The Labute approximate surface area is 240 Å². The molecule has 41 heavy (non-hydrogen) atoms. The minimum Gasteiger partial charge on any atom is -0.480 e. The molecule has 1 aromatic heterocycles. The number of rotatable bonds is 7. The largest absolute Gasteiger partial charge is 0.480 e. The van der Waals surface area contributed by atoms with Crippen LogP contribution in [0.3, 0.4) is 0 Å². The monoisotopic (exact) mass is 589 g/mol. The smallest absolute Gasteiger partial charge is 0.429 e. The molecule has 0 saturated carbocycles. The first-order chi connectivity index (χ1) is 19.5. The van der Waals surface area contributed by atoms with E-state index < -0.39 is 24.3 Å². The van der Waals surface area contributed by atoms with Gasteiger partial charge in [-0.15, -0.1) is 0 Å². The second-order valence-corrected chi connectivity index (χ2v) is 11.1. The van der Waals surface area contributed by atoms with E-state index in [0.29, 0.717) is 49.3 Å². The van der Waals surface area contributed by atoms with Gasteiger partial charge < -0.3 is 25.8 Å². The maximum absolute atomic E-state index is 14.5. The van der Waals surface area contributed by atoms with Crippen LogP contribution in [0.15, 0.2) is 54.6 Å². The zero-order valence-electron chi connectivity index (χ0n) is 22.4. The average molecular weight is 590 g/mol. The summed E-state index contributed by atoms with van der Waals surface area (Å²) in [5, 5.41) is 12.9. The highest BCUT2D eigenvalue weighted by molar-refractivity contribution is 6.30. The number of hydrogen-bond donors (Lipinski definition) is 3. The van der Waals surface area contributed by atoms with Gasteiger partial charge in [-0.2, -0.15) is 23.1 Å². The van der Waals surface area contributed by atoms with Gasteiger partial charge in [-0.3, -0.25) is 4.79 Å². The SMILES string of the molecule is CCC1NC(C(=O)O)CC12CCN(c1cc(O[C@H](c3cc(Cl)ccc3-c3ccccc3)C(F)(F)F)nc(N)n1)CC2. The van der Waals surface area contributed by atoms with E-state index in [0.717, 1.165) is 6.42 Å². The number of nitrogens with two attached hydrogens (primary N) is 1. The van der Waals surface area contributed by atoms with Gasteiger partial charge in [0.25, 0.3) is 0 Å². The fourth-order valence-corrected chi connectivity index (χ4v) is 6.36. The number of piperidine rings is 1. The van der Waals surface area contributed by atoms with E-state index in [4.69, 9.17) is 22.1 Å². The van der Waals surface area contributed by atoms with Crippen LogP contribution in [0.1, 0.15) is 44.3 Å². The molecular formula is C29H31ClF3N5O3. The number of aliphatic carboxylic acids is 1. The first-order valence-electron chi connectivity index (χ1n) is 13.5. The molecule has 2 aromatic carbocycles. The third-order valence-corrected chi connectivity index (χ3v) is 8.40. The molecule has 4 N–H and O–H groups in total. The number of nitrogens with one attached hydrogen (secondary N) is 1. The summed E-state index contributed by atoms with van der Waals surface area (Å²) in [5.74, 6) is -1.03. The van der Waals surface area contributed by atoms with Crippen LogP contribution in [-0.4, -0.2) is 52.4 Å². The zero-order chi connectivity index (χ0) is 29.4. The maximum atomic E-state index is 14.5. The van der Waals surface area contributed by atoms with E-state index in [1.165, 1.54) is 24.3 Å². The topological polar surface area (TPSA) is 114 Å². The van der Waals surface area contributed by atoms with Gasteiger partial charge in [-0.1, -0.05) is 54.9 Å². The molecule has 2 fully saturated rings. The van der Waals surface area contributed by atoms with Crippen molar-refractivity contribution in [2.24, 2.45) is 5.41 Å². The van der Waals surface area contributed by atoms with Crippen LogP contribution in [-0.2, 0) is 4.79 Å². The van der Waals surface area contributed by atoms with Gasteiger partial charge in [0.1, 0.15) is 11.9 Å². The van der Waals surface area contributed by atoms with Gasteiger partial charge in [0.2, 0.25) is 17.9 Å². The van der Waals surface area contributed by atoms with Gasteiger partial charge in [-0.05, 0) is 54.4 Å². The molecule has 3 atom stereocenters. The Balaban J connectivity index is 1.41. The van der Waals surface area contributed by atoms with Crippen LogP contribution in [0.2, 0.25) is 5.02 Å². The molecule has 218 valence electrons. The summed E-state index contributed by atoms with van der Waals surface area (Å²) in [4.78, 5) is 21.8. The molecule has 0 aliphatic carbocycles. The van der Waals surface area contributed by atoms with Crippen LogP contribution < -0.4 is 20.7 Å². The van der Waals surface area contributed by atoms with Gasteiger partial charge in [0, 0.05) is 35.8 Å². The summed E-state index contributed by atoms with van der Waals surface area (Å²) in [6, 6.07) is 13.9. The first kappa shape index (κ1) is 28.9. The summed E-state index contributed by atoms with van der Waals surface area (Å²) in [7, 11) is 0. The lowest BCUT2D eigenvalue weighted by atomic mass is 9.71. The summed E-state index contributed by atoms with van der Waals surface area (Å²) >= 11 is 6.14. The fourth-order valence-electron chi connectivity index (χ4n) is 6.18. The minimum absolute atomic E-state index is 0.0733. The standard InChI is InChI=1S/C29H31ClF3N5O3/c1-2-22-28(16-21(35-22)26(39)40)10-12-38(13-11-28)23-15-24(37-27(34)36-23)41-25(29(31,32)33)20-14-18(30)8-9-19(20)17-6-4-3-5-7-17/h3-9,14-15,21-22,25,35H,2,10-13,16H2,1H3,(H,39,40)(H2,34,36,37)/t21?,22?,25-/m1/s1. The van der Waals surface area contributed by atoms with Crippen molar-refractivity contribution in [1.29, 1.82) is 0 Å². The Hall–Kier alpha value is -3.57. The average Bonchev–Trinajstić information content (AvgIpc) is 3.29. The number of aromatic nitrogens is 2. The van der Waals surface area contributed by atoms with E-state index in [1.807, 2.05) is 11.8 Å². The Morgan fingerprint density at radius 3 is 2.54 bits per heavy atom. The van der Waals surface area contributed by atoms with Crippen molar-refractivity contribution in [3.05, 3.63) is 65.2 Å². The molecule has 3 heterocycles. The molecule has 1 spiro atoms. The number of carboxylic acids is 1. The lowest BCUT2D eigenvalue weighted by Gasteiger charge is -2.43. The van der Waals surface area contributed by atoms with E-state index in [9.17, 15) is 23.1 Å². The van der Waals surface area contributed by atoms with Gasteiger partial charge >= 0.3 is 12.1 Å². The highest BCUT2D eigenvalue weighted by Gasteiger charge is 2.50. The Bertz CT molecular complexity index is 1400. The molecule has 2 unspecified atom stereocenters. The number of nitrogens with zero attached hydrogens (tertiary/aromatic N) is 3. The minimum atomic E-state index is -4.79. The van der Waals surface area contributed by atoms with Crippen molar-refractivity contribution in [3.8, 4) is 17.0 Å².